The minimum atomic E-state index is -5.13. The van der Waals surface area contributed by atoms with E-state index < -0.39 is 28.1 Å². The summed E-state index contributed by atoms with van der Waals surface area (Å²) in [5.41, 5.74) is 1.25. The van der Waals surface area contributed by atoms with Crippen LogP contribution in [0.15, 0.2) is 83.8 Å². The lowest BCUT2D eigenvalue weighted by Crippen LogP contribution is -2.47. The molecule has 0 bridgehead atoms. The van der Waals surface area contributed by atoms with Crippen LogP contribution in [0.2, 0.25) is 0 Å². The van der Waals surface area contributed by atoms with Gasteiger partial charge < -0.3 is 14.4 Å². The van der Waals surface area contributed by atoms with Crippen LogP contribution in [0.25, 0.3) is 10.8 Å². The quantitative estimate of drug-likeness (QED) is 0.322. The molecule has 0 saturated heterocycles. The van der Waals surface area contributed by atoms with Gasteiger partial charge in [0.15, 0.2) is 11.5 Å². The Labute approximate surface area is 229 Å². The van der Waals surface area contributed by atoms with Crippen LogP contribution in [-0.4, -0.2) is 46.2 Å². The molecule has 1 aliphatic heterocycles. The summed E-state index contributed by atoms with van der Waals surface area (Å²) in [6.45, 7) is -0.239. The van der Waals surface area contributed by atoms with Crippen molar-refractivity contribution in [2.45, 2.75) is 23.5 Å². The van der Waals surface area contributed by atoms with E-state index in [2.05, 4.69) is 4.72 Å². The topological polar surface area (TPSA) is 84.9 Å². The molecule has 1 amide bonds. The van der Waals surface area contributed by atoms with E-state index in [0.29, 0.717) is 22.3 Å². The number of rotatable bonds is 6. The minimum absolute atomic E-state index is 0.0142. The van der Waals surface area contributed by atoms with Crippen molar-refractivity contribution in [3.63, 3.8) is 0 Å². The van der Waals surface area contributed by atoms with Crippen molar-refractivity contribution in [1.29, 1.82) is 0 Å². The summed E-state index contributed by atoms with van der Waals surface area (Å²) in [6.07, 6.45) is -5.00. The van der Waals surface area contributed by atoms with Gasteiger partial charge in [-0.1, -0.05) is 48.5 Å². The number of benzene rings is 4. The number of ether oxygens (including phenoxy) is 2. The second-order valence-corrected chi connectivity index (χ2v) is 10.9. The Morgan fingerprint density at radius 3 is 2.23 bits per heavy atom. The molecule has 0 spiro atoms. The van der Waals surface area contributed by atoms with Gasteiger partial charge in [-0.2, -0.15) is 13.2 Å². The number of methoxy groups -OCH3 is 2. The number of amides is 1. The number of sulfonamides is 1. The second kappa shape index (κ2) is 10.4. The van der Waals surface area contributed by atoms with E-state index in [1.165, 1.54) is 44.6 Å². The molecule has 0 radical (unpaired) electrons. The molecular formula is C29H25F3N2O5S. The molecule has 40 heavy (non-hydrogen) atoms. The zero-order valence-corrected chi connectivity index (χ0v) is 22.3. The average Bonchev–Trinajstić information content (AvgIpc) is 2.94. The third-order valence-corrected chi connectivity index (χ3v) is 8.27. The fraction of sp³-hybridized carbons (Fsp3) is 0.207. The number of nitrogens with zero attached hydrogens (tertiary/aromatic N) is 1. The predicted octanol–water partition coefficient (Wildman–Crippen LogP) is 5.69. The molecule has 4 aromatic rings. The number of nitrogens with one attached hydrogen (secondary N) is 1. The van der Waals surface area contributed by atoms with Gasteiger partial charge >= 0.3 is 12.1 Å². The van der Waals surface area contributed by atoms with E-state index in [0.717, 1.165) is 10.3 Å². The number of alkyl halides is 3. The van der Waals surface area contributed by atoms with Gasteiger partial charge in [-0.25, -0.2) is 8.42 Å². The van der Waals surface area contributed by atoms with Crippen molar-refractivity contribution in [3.05, 3.63) is 95.6 Å². The van der Waals surface area contributed by atoms with E-state index in [1.807, 2.05) is 12.1 Å². The van der Waals surface area contributed by atoms with Crippen molar-refractivity contribution in [2.24, 2.45) is 0 Å². The van der Waals surface area contributed by atoms with Gasteiger partial charge in [-0.05, 0) is 58.7 Å². The monoisotopic (exact) mass is 570 g/mol. The van der Waals surface area contributed by atoms with Gasteiger partial charge in [0, 0.05) is 12.1 Å². The first-order valence-corrected chi connectivity index (χ1v) is 13.7. The molecule has 0 fully saturated rings. The fourth-order valence-corrected chi connectivity index (χ4v) is 6.15. The number of para-hydroxylation sites is 1. The van der Waals surface area contributed by atoms with Crippen LogP contribution in [0.4, 0.5) is 18.9 Å². The molecule has 1 N–H and O–H groups in total. The number of halogens is 3. The van der Waals surface area contributed by atoms with E-state index in [-0.39, 0.29) is 34.9 Å². The van der Waals surface area contributed by atoms with Crippen molar-refractivity contribution >= 4 is 32.4 Å². The van der Waals surface area contributed by atoms with Crippen molar-refractivity contribution < 1.29 is 35.9 Å². The van der Waals surface area contributed by atoms with E-state index in [1.54, 1.807) is 36.4 Å². The van der Waals surface area contributed by atoms with Gasteiger partial charge in [0.25, 0.3) is 10.0 Å². The molecule has 0 saturated carbocycles. The number of fused-ring (bicyclic) bond motifs is 2. The first-order chi connectivity index (χ1) is 19.0. The first kappa shape index (κ1) is 27.3. The smallest absolute Gasteiger partial charge is 0.471 e. The largest absolute Gasteiger partial charge is 0.493 e. The molecule has 5 rings (SSSR count). The Balaban J connectivity index is 1.64. The van der Waals surface area contributed by atoms with Crippen LogP contribution in [0.5, 0.6) is 11.5 Å². The molecule has 1 aliphatic rings. The Kier molecular flexibility index (Phi) is 7.09. The molecule has 11 heteroatoms. The zero-order valence-electron chi connectivity index (χ0n) is 21.5. The molecule has 0 aliphatic carbocycles. The van der Waals surface area contributed by atoms with Gasteiger partial charge in [0.2, 0.25) is 0 Å². The number of hydrogen-bond acceptors (Lipinski definition) is 5. The second-order valence-electron chi connectivity index (χ2n) is 9.26. The van der Waals surface area contributed by atoms with Crippen LogP contribution in [0, 0.1) is 0 Å². The van der Waals surface area contributed by atoms with E-state index >= 15 is 0 Å². The highest BCUT2D eigenvalue weighted by atomic mass is 32.2. The molecule has 4 aromatic carbocycles. The molecule has 0 unspecified atom stereocenters. The lowest BCUT2D eigenvalue weighted by Gasteiger charge is -2.39. The van der Waals surface area contributed by atoms with Gasteiger partial charge in [0.1, 0.15) is 0 Å². The maximum absolute atomic E-state index is 13.7. The summed E-state index contributed by atoms with van der Waals surface area (Å²) in [6, 6.07) is 20.0. The maximum atomic E-state index is 13.7. The number of carbonyl (C=O) groups is 1. The standard InChI is InChI=1S/C29H25F3N2O5S/c1-38-25-16-20-13-14-34(28(35)29(30,31)32)27(23(20)17-26(25)39-2)22-9-5-6-10-24(22)33-40(36,37)21-12-11-18-7-3-4-8-19(18)15-21/h3-12,15-17,27,33H,13-14H2,1-2H3/t27-/m1/s1. The Bertz CT molecular complexity index is 1710. The summed E-state index contributed by atoms with van der Waals surface area (Å²) in [4.78, 5) is 13.3. The predicted molar refractivity (Wildman–Crippen MR) is 144 cm³/mol. The van der Waals surface area contributed by atoms with E-state index in [9.17, 15) is 26.4 Å². The lowest BCUT2D eigenvalue weighted by atomic mass is 9.87. The van der Waals surface area contributed by atoms with Gasteiger partial charge in [-0.3, -0.25) is 9.52 Å². The highest BCUT2D eigenvalue weighted by molar-refractivity contribution is 7.92. The Morgan fingerprint density at radius 2 is 1.52 bits per heavy atom. The number of carbonyl (C=O) groups excluding carboxylic acids is 1. The van der Waals surface area contributed by atoms with Crippen LogP contribution >= 0.6 is 0 Å². The summed E-state index contributed by atoms with van der Waals surface area (Å²) in [5, 5.41) is 1.56. The summed E-state index contributed by atoms with van der Waals surface area (Å²) in [7, 11) is -1.31. The normalized spacial score (nSPS) is 15.4. The van der Waals surface area contributed by atoms with Crippen LogP contribution in [0.1, 0.15) is 22.7 Å². The lowest BCUT2D eigenvalue weighted by molar-refractivity contribution is -0.187. The SMILES string of the molecule is COc1cc2c(cc1OC)[C@@H](c1ccccc1NS(=O)(=O)c1ccc3ccccc3c1)N(C(=O)C(F)(F)F)CC2. The number of anilines is 1. The van der Waals surface area contributed by atoms with Gasteiger partial charge in [-0.15, -0.1) is 0 Å². The maximum Gasteiger partial charge on any atom is 0.471 e. The third kappa shape index (κ3) is 5.04. The van der Waals surface area contributed by atoms with Crippen LogP contribution < -0.4 is 14.2 Å². The van der Waals surface area contributed by atoms with Crippen molar-refractivity contribution in [2.75, 3.05) is 25.5 Å². The summed E-state index contributed by atoms with van der Waals surface area (Å²) < 4.78 is 81.5. The third-order valence-electron chi connectivity index (χ3n) is 6.91. The van der Waals surface area contributed by atoms with Crippen molar-refractivity contribution in [1.82, 2.24) is 4.90 Å². The Hall–Kier alpha value is -4.25. The fourth-order valence-electron chi connectivity index (χ4n) is 5.03. The summed E-state index contributed by atoms with van der Waals surface area (Å²) in [5.74, 6) is -1.37. The molecule has 1 heterocycles. The Morgan fingerprint density at radius 1 is 0.875 bits per heavy atom. The summed E-state index contributed by atoms with van der Waals surface area (Å²) >= 11 is 0. The molecule has 208 valence electrons. The first-order valence-electron chi connectivity index (χ1n) is 12.3. The van der Waals surface area contributed by atoms with E-state index in [4.69, 9.17) is 9.47 Å². The molecular weight excluding hydrogens is 545 g/mol. The number of hydrogen-bond donors (Lipinski definition) is 1. The highest BCUT2D eigenvalue weighted by Gasteiger charge is 2.47. The zero-order chi connectivity index (χ0) is 28.7. The minimum Gasteiger partial charge on any atom is -0.493 e. The average molecular weight is 571 g/mol. The highest BCUT2D eigenvalue weighted by Crippen LogP contribution is 2.44. The molecule has 7 nitrogen and oxygen atoms in total. The van der Waals surface area contributed by atoms with Crippen molar-refractivity contribution in [3.8, 4) is 11.5 Å². The van der Waals surface area contributed by atoms with Crippen LogP contribution in [-0.2, 0) is 21.2 Å². The molecule has 1 atom stereocenters. The van der Waals surface area contributed by atoms with Gasteiger partial charge in [0.05, 0.1) is 30.8 Å². The molecule has 0 aromatic heterocycles. The van der Waals surface area contributed by atoms with Crippen LogP contribution in [0.3, 0.4) is 0 Å².